The van der Waals surface area contributed by atoms with Crippen LogP contribution in [0.3, 0.4) is 0 Å². The second-order valence-electron chi connectivity index (χ2n) is 6.63. The van der Waals surface area contributed by atoms with Crippen LogP contribution < -0.4 is 10.6 Å². The molecule has 5 nitrogen and oxygen atoms in total. The fourth-order valence-electron chi connectivity index (χ4n) is 2.97. The number of guanidine groups is 1. The Hall–Kier alpha value is -0.930. The Balaban J connectivity index is 0.00000338. The summed E-state index contributed by atoms with van der Waals surface area (Å²) in [5.74, 6) is 0.613. The van der Waals surface area contributed by atoms with Gasteiger partial charge in [0.1, 0.15) is 5.82 Å². The van der Waals surface area contributed by atoms with E-state index in [2.05, 4.69) is 20.5 Å². The van der Waals surface area contributed by atoms with Crippen LogP contribution in [0.4, 0.5) is 4.39 Å². The average Bonchev–Trinajstić information content (AvgIpc) is 2.61. The number of nitrogens with zero attached hydrogens (tertiary/aromatic N) is 2. The van der Waals surface area contributed by atoms with E-state index < -0.39 is 0 Å². The van der Waals surface area contributed by atoms with Gasteiger partial charge in [0, 0.05) is 26.2 Å². The van der Waals surface area contributed by atoms with Crippen molar-refractivity contribution in [1.82, 2.24) is 15.5 Å². The lowest BCUT2D eigenvalue weighted by molar-refractivity contribution is 0.0823. The minimum atomic E-state index is -0.178. The summed E-state index contributed by atoms with van der Waals surface area (Å²) in [7, 11) is 0. The van der Waals surface area contributed by atoms with Crippen LogP contribution in [0.1, 0.15) is 37.3 Å². The van der Waals surface area contributed by atoms with E-state index in [9.17, 15) is 9.50 Å². The third-order valence-electron chi connectivity index (χ3n) is 4.49. The van der Waals surface area contributed by atoms with E-state index >= 15 is 0 Å². The highest BCUT2D eigenvalue weighted by molar-refractivity contribution is 14.0. The summed E-state index contributed by atoms with van der Waals surface area (Å²) in [5.41, 5.74) is 1.65. The van der Waals surface area contributed by atoms with Gasteiger partial charge in [-0.25, -0.2) is 9.38 Å². The second-order valence-corrected chi connectivity index (χ2v) is 6.63. The third kappa shape index (κ3) is 8.18. The lowest BCUT2D eigenvalue weighted by Crippen LogP contribution is -2.40. The summed E-state index contributed by atoms with van der Waals surface area (Å²) in [6.07, 6.45) is 2.69. The van der Waals surface area contributed by atoms with E-state index in [1.54, 1.807) is 13.0 Å². The van der Waals surface area contributed by atoms with Crippen LogP contribution in [0.15, 0.2) is 23.2 Å². The van der Waals surface area contributed by atoms with Gasteiger partial charge in [0.15, 0.2) is 5.96 Å². The minimum Gasteiger partial charge on any atom is -0.393 e. The van der Waals surface area contributed by atoms with Crippen molar-refractivity contribution in [2.24, 2.45) is 4.99 Å². The monoisotopic (exact) mass is 478 g/mol. The highest BCUT2D eigenvalue weighted by Crippen LogP contribution is 2.10. The maximum absolute atomic E-state index is 13.3. The molecule has 0 amide bonds. The largest absolute Gasteiger partial charge is 0.393 e. The fourth-order valence-corrected chi connectivity index (χ4v) is 2.97. The van der Waals surface area contributed by atoms with Gasteiger partial charge in [-0.3, -0.25) is 0 Å². The Labute approximate surface area is 173 Å². The molecule has 1 fully saturated rings. The summed E-state index contributed by atoms with van der Waals surface area (Å²) < 4.78 is 13.3. The number of nitrogens with one attached hydrogen (secondary N) is 2. The highest BCUT2D eigenvalue weighted by atomic mass is 127. The Kier molecular flexibility index (Phi) is 11.1. The lowest BCUT2D eigenvalue weighted by atomic mass is 10.1. The van der Waals surface area contributed by atoms with Crippen molar-refractivity contribution in [3.8, 4) is 0 Å². The minimum absolute atomic E-state index is 0. The molecule has 3 N–H and O–H groups in total. The molecular weight excluding hydrogens is 446 g/mol. The van der Waals surface area contributed by atoms with Gasteiger partial charge < -0.3 is 20.6 Å². The predicted octanol–water partition coefficient (Wildman–Crippen LogP) is 2.65. The Morgan fingerprint density at radius 3 is 2.69 bits per heavy atom. The van der Waals surface area contributed by atoms with E-state index in [1.165, 1.54) is 6.07 Å². The number of piperidine rings is 1. The Morgan fingerprint density at radius 1 is 1.31 bits per heavy atom. The first kappa shape index (κ1) is 23.1. The molecule has 2 rings (SSSR count). The molecule has 1 aliphatic rings. The van der Waals surface area contributed by atoms with Gasteiger partial charge in [-0.2, -0.15) is 0 Å². The van der Waals surface area contributed by atoms with E-state index in [1.807, 2.05) is 13.0 Å². The van der Waals surface area contributed by atoms with Crippen molar-refractivity contribution in [3.63, 3.8) is 0 Å². The summed E-state index contributed by atoms with van der Waals surface area (Å²) in [5, 5.41) is 16.1. The lowest BCUT2D eigenvalue weighted by Gasteiger charge is -2.29. The maximum atomic E-state index is 13.3. The van der Waals surface area contributed by atoms with Gasteiger partial charge in [-0.1, -0.05) is 12.1 Å². The molecule has 26 heavy (non-hydrogen) atoms. The number of benzene rings is 1. The molecule has 1 aliphatic heterocycles. The number of aliphatic hydroxyl groups is 1. The summed E-state index contributed by atoms with van der Waals surface area (Å²) >= 11 is 0. The van der Waals surface area contributed by atoms with Crippen molar-refractivity contribution in [3.05, 3.63) is 35.1 Å². The first-order valence-electron chi connectivity index (χ1n) is 9.26. The number of halogens is 2. The van der Waals surface area contributed by atoms with Crippen molar-refractivity contribution >= 4 is 29.9 Å². The zero-order chi connectivity index (χ0) is 18.1. The molecule has 0 unspecified atom stereocenters. The smallest absolute Gasteiger partial charge is 0.191 e. The molecule has 0 spiro atoms. The molecular formula is C19H32FIN4O. The molecule has 1 aromatic carbocycles. The summed E-state index contributed by atoms with van der Waals surface area (Å²) in [6.45, 7) is 9.00. The maximum Gasteiger partial charge on any atom is 0.191 e. The number of aryl methyl sites for hydroxylation is 1. The second kappa shape index (κ2) is 12.5. The van der Waals surface area contributed by atoms with Crippen molar-refractivity contribution in [2.45, 2.75) is 45.8 Å². The van der Waals surface area contributed by atoms with Gasteiger partial charge in [-0.15, -0.1) is 24.0 Å². The average molecular weight is 478 g/mol. The number of rotatable bonds is 7. The molecule has 148 valence electrons. The van der Waals surface area contributed by atoms with Gasteiger partial charge in [0.05, 0.1) is 12.6 Å². The van der Waals surface area contributed by atoms with E-state index in [0.29, 0.717) is 12.1 Å². The summed E-state index contributed by atoms with van der Waals surface area (Å²) in [6, 6.07) is 5.11. The number of aliphatic hydroxyl groups excluding tert-OH is 1. The fraction of sp³-hybridized carbons (Fsp3) is 0.632. The van der Waals surface area contributed by atoms with Crippen LogP contribution >= 0.6 is 24.0 Å². The van der Waals surface area contributed by atoms with Gasteiger partial charge in [0.25, 0.3) is 0 Å². The zero-order valence-electron chi connectivity index (χ0n) is 15.8. The zero-order valence-corrected chi connectivity index (χ0v) is 18.1. The van der Waals surface area contributed by atoms with E-state index in [0.717, 1.165) is 63.5 Å². The van der Waals surface area contributed by atoms with E-state index in [-0.39, 0.29) is 35.9 Å². The third-order valence-corrected chi connectivity index (χ3v) is 4.49. The Bertz CT molecular complexity index is 562. The first-order valence-corrected chi connectivity index (χ1v) is 9.26. The van der Waals surface area contributed by atoms with Crippen molar-refractivity contribution < 1.29 is 9.50 Å². The van der Waals surface area contributed by atoms with Gasteiger partial charge >= 0.3 is 0 Å². The molecule has 1 heterocycles. The van der Waals surface area contributed by atoms with Crippen LogP contribution in [0, 0.1) is 12.7 Å². The van der Waals surface area contributed by atoms with Crippen LogP contribution in [-0.2, 0) is 6.54 Å². The standard InChI is InChI=1S/C19H31FN4O.HI/c1-3-21-19(23-14-16-5-6-18(20)15(2)13-16)22-9-4-10-24-11-7-17(25)8-12-24;/h5-6,13,17,25H,3-4,7-12,14H2,1-2H3,(H2,21,22,23);1H. The number of hydrogen-bond acceptors (Lipinski definition) is 3. The van der Waals surface area contributed by atoms with Crippen LogP contribution in [-0.4, -0.2) is 54.8 Å². The Morgan fingerprint density at radius 2 is 2.04 bits per heavy atom. The number of likely N-dealkylation sites (tertiary alicyclic amines) is 1. The normalized spacial score (nSPS) is 16.2. The van der Waals surface area contributed by atoms with Crippen LogP contribution in [0.2, 0.25) is 0 Å². The van der Waals surface area contributed by atoms with Crippen LogP contribution in [0.5, 0.6) is 0 Å². The number of aliphatic imine (C=N–C) groups is 1. The highest BCUT2D eigenvalue weighted by Gasteiger charge is 2.15. The molecule has 0 saturated carbocycles. The quantitative estimate of drug-likeness (QED) is 0.244. The topological polar surface area (TPSA) is 59.9 Å². The molecule has 0 bridgehead atoms. The summed E-state index contributed by atoms with van der Waals surface area (Å²) in [4.78, 5) is 6.98. The van der Waals surface area contributed by atoms with Gasteiger partial charge in [-0.05, 0) is 56.8 Å². The number of hydrogen-bond donors (Lipinski definition) is 3. The van der Waals surface area contributed by atoms with Crippen LogP contribution in [0.25, 0.3) is 0 Å². The predicted molar refractivity (Wildman–Crippen MR) is 116 cm³/mol. The molecule has 0 radical (unpaired) electrons. The molecule has 7 heteroatoms. The van der Waals surface area contributed by atoms with Crippen molar-refractivity contribution in [2.75, 3.05) is 32.7 Å². The van der Waals surface area contributed by atoms with E-state index in [4.69, 9.17) is 0 Å². The molecule has 1 saturated heterocycles. The van der Waals surface area contributed by atoms with Crippen molar-refractivity contribution in [1.29, 1.82) is 0 Å². The molecule has 0 atom stereocenters. The SMILES string of the molecule is CCNC(=NCc1ccc(F)c(C)c1)NCCCN1CCC(O)CC1.I. The molecule has 0 aliphatic carbocycles. The molecule has 0 aromatic heterocycles. The first-order chi connectivity index (χ1) is 12.1. The van der Waals surface area contributed by atoms with Gasteiger partial charge in [0.2, 0.25) is 0 Å². The molecule has 1 aromatic rings.